The maximum absolute atomic E-state index is 12.5. The highest BCUT2D eigenvalue weighted by molar-refractivity contribution is 8.00. The molecule has 0 aliphatic carbocycles. The topological polar surface area (TPSA) is 107 Å². The maximum Gasteiger partial charge on any atom is 0.309 e. The summed E-state index contributed by atoms with van der Waals surface area (Å²) in [6, 6.07) is 21.6. The van der Waals surface area contributed by atoms with E-state index in [0.717, 1.165) is 43.7 Å². The molecule has 2 aromatic carbocycles. The minimum Gasteiger partial charge on any atom is -0.506 e. The molecule has 1 unspecified atom stereocenters. The number of carboxylic acids is 1. The molecule has 0 aliphatic rings. The van der Waals surface area contributed by atoms with Crippen LogP contribution in [0.5, 0.6) is 11.6 Å². The summed E-state index contributed by atoms with van der Waals surface area (Å²) in [6.07, 6.45) is 3.60. The fourth-order valence-corrected chi connectivity index (χ4v) is 6.67. The van der Waals surface area contributed by atoms with E-state index in [0.29, 0.717) is 24.6 Å². The lowest BCUT2D eigenvalue weighted by Crippen LogP contribution is -2.29. The van der Waals surface area contributed by atoms with Gasteiger partial charge in [0.15, 0.2) is 6.10 Å². The molecular weight excluding hydrogens is 611 g/mol. The van der Waals surface area contributed by atoms with E-state index in [4.69, 9.17) is 9.57 Å². The van der Waals surface area contributed by atoms with Crippen LogP contribution in [0.3, 0.4) is 0 Å². The van der Waals surface area contributed by atoms with E-state index in [9.17, 15) is 15.0 Å². The fraction of sp³-hybridized carbons (Fsp3) is 0.342. The normalized spacial score (nSPS) is 12.7. The number of hydrogen-bond acceptors (Lipinski definition) is 7. The fourth-order valence-electron chi connectivity index (χ4n) is 5.54. The lowest BCUT2D eigenvalue weighted by molar-refractivity contribution is -0.147. The molecule has 9 heteroatoms. The van der Waals surface area contributed by atoms with E-state index < -0.39 is 17.5 Å². The third-order valence-corrected chi connectivity index (χ3v) is 9.06. The lowest BCUT2D eigenvalue weighted by atomic mass is 9.86. The van der Waals surface area contributed by atoms with Gasteiger partial charge in [-0.3, -0.25) is 9.78 Å². The van der Waals surface area contributed by atoms with Gasteiger partial charge in [-0.25, -0.2) is 4.98 Å². The number of nitrogens with zero attached hydrogens (tertiary/aromatic N) is 3. The second-order valence-corrected chi connectivity index (χ2v) is 15.2. The highest BCUT2D eigenvalue weighted by Gasteiger charge is 2.33. The van der Waals surface area contributed by atoms with Gasteiger partial charge >= 0.3 is 5.97 Å². The average molecular weight is 654 g/mol. The van der Waals surface area contributed by atoms with Gasteiger partial charge in [0.1, 0.15) is 11.4 Å². The van der Waals surface area contributed by atoms with Crippen LogP contribution in [-0.2, 0) is 17.6 Å². The summed E-state index contributed by atoms with van der Waals surface area (Å²) < 4.78 is 7.20. The van der Waals surface area contributed by atoms with E-state index in [1.165, 1.54) is 0 Å². The van der Waals surface area contributed by atoms with E-state index in [1.807, 2.05) is 44.3 Å². The highest BCUT2D eigenvalue weighted by atomic mass is 32.2. The van der Waals surface area contributed by atoms with Gasteiger partial charge in [-0.05, 0) is 74.7 Å². The molecule has 0 aliphatic heterocycles. The number of pyridine rings is 2. The summed E-state index contributed by atoms with van der Waals surface area (Å²) >= 11 is 1.77. The Morgan fingerprint density at radius 2 is 1.68 bits per heavy atom. The molecule has 0 fully saturated rings. The van der Waals surface area contributed by atoms with Crippen molar-refractivity contribution in [2.24, 2.45) is 5.41 Å². The number of ether oxygens (including phenoxy) is 1. The van der Waals surface area contributed by atoms with Crippen LogP contribution in [0.15, 0.2) is 84.0 Å². The summed E-state index contributed by atoms with van der Waals surface area (Å²) in [5.41, 5.74) is 5.05. The molecular formula is C38H43N3O5S. The van der Waals surface area contributed by atoms with Crippen molar-refractivity contribution in [2.45, 2.75) is 77.1 Å². The zero-order valence-corrected chi connectivity index (χ0v) is 28.9. The van der Waals surface area contributed by atoms with Crippen LogP contribution < -0.4 is 9.57 Å². The third kappa shape index (κ3) is 7.73. The van der Waals surface area contributed by atoms with Crippen molar-refractivity contribution in [3.05, 3.63) is 102 Å². The molecule has 3 heterocycles. The van der Waals surface area contributed by atoms with Gasteiger partial charge in [-0.15, -0.1) is 11.8 Å². The number of aliphatic carboxylic acids is 1. The molecule has 246 valence electrons. The zero-order chi connectivity index (χ0) is 33.9. The number of aromatic hydroxyl groups is 1. The Bertz CT molecular complexity index is 1860. The molecule has 1 atom stereocenters. The number of rotatable bonds is 12. The summed E-state index contributed by atoms with van der Waals surface area (Å²) in [5, 5.41) is 21.8. The first kappa shape index (κ1) is 33.9. The van der Waals surface area contributed by atoms with Gasteiger partial charge < -0.3 is 19.8 Å². The van der Waals surface area contributed by atoms with Gasteiger partial charge in [-0.1, -0.05) is 51.1 Å². The van der Waals surface area contributed by atoms with Crippen molar-refractivity contribution in [1.82, 2.24) is 14.7 Å². The predicted octanol–water partition coefficient (Wildman–Crippen LogP) is 8.53. The van der Waals surface area contributed by atoms with Crippen molar-refractivity contribution >= 4 is 28.6 Å². The molecule has 0 bridgehead atoms. The Hall–Kier alpha value is -4.50. The van der Waals surface area contributed by atoms with Crippen LogP contribution in [0.2, 0.25) is 0 Å². The van der Waals surface area contributed by atoms with Gasteiger partial charge in [0.25, 0.3) is 0 Å². The van der Waals surface area contributed by atoms with Gasteiger partial charge in [0.2, 0.25) is 5.88 Å². The highest BCUT2D eigenvalue weighted by Crippen LogP contribution is 2.42. The zero-order valence-electron chi connectivity index (χ0n) is 28.1. The first-order valence-electron chi connectivity index (χ1n) is 15.8. The molecule has 0 amide bonds. The van der Waals surface area contributed by atoms with Gasteiger partial charge in [0.05, 0.1) is 23.2 Å². The van der Waals surface area contributed by atoms with Gasteiger partial charge in [0, 0.05) is 51.9 Å². The Kier molecular flexibility index (Phi) is 9.86. The molecule has 5 aromatic rings. The van der Waals surface area contributed by atoms with Crippen LogP contribution in [0, 0.1) is 5.41 Å². The van der Waals surface area contributed by atoms with E-state index in [1.54, 1.807) is 48.7 Å². The largest absolute Gasteiger partial charge is 0.506 e. The van der Waals surface area contributed by atoms with Crippen LogP contribution in [0.4, 0.5) is 0 Å². The lowest BCUT2D eigenvalue weighted by Gasteiger charge is -2.24. The summed E-state index contributed by atoms with van der Waals surface area (Å²) in [4.78, 5) is 29.0. The average Bonchev–Trinajstić information content (AvgIpc) is 3.29. The molecule has 0 spiro atoms. The van der Waals surface area contributed by atoms with E-state index in [-0.39, 0.29) is 16.9 Å². The van der Waals surface area contributed by atoms with Crippen LogP contribution in [0.1, 0.15) is 77.1 Å². The summed E-state index contributed by atoms with van der Waals surface area (Å²) in [6.45, 7) is 14.3. The number of hydrogen-bond donors (Lipinski definition) is 2. The minimum absolute atomic E-state index is 0.0379. The second-order valence-electron chi connectivity index (χ2n) is 13.3. The number of thioether (sulfide) groups is 1. The van der Waals surface area contributed by atoms with Crippen molar-refractivity contribution in [2.75, 3.05) is 6.61 Å². The Morgan fingerprint density at radius 1 is 0.957 bits per heavy atom. The summed E-state index contributed by atoms with van der Waals surface area (Å²) in [7, 11) is 0. The smallest absolute Gasteiger partial charge is 0.309 e. The van der Waals surface area contributed by atoms with Gasteiger partial charge in [-0.2, -0.15) is 4.73 Å². The SMILES string of the molecule is CCOc1ccc(-c2ccc(Cc3c(CC(C)(C)C(=O)O)n(OC(C)c4ncccc4O)c4cccc(SC(C)(C)C)c34)cc2)cn1. The quantitative estimate of drug-likeness (QED) is 0.129. The van der Waals surface area contributed by atoms with Crippen molar-refractivity contribution < 1.29 is 24.6 Å². The van der Waals surface area contributed by atoms with Crippen LogP contribution in [0.25, 0.3) is 22.0 Å². The predicted molar refractivity (Wildman–Crippen MR) is 187 cm³/mol. The standard InChI is InChI=1S/C38H43N3O5S/c1-8-45-33-19-18-27(23-40-33)26-16-14-25(15-17-26)21-28-30(22-38(6,7)36(43)44)41(46-24(2)35-31(42)12-10-20-39-35)29-11-9-13-32(34(28)29)47-37(3,4)5/h9-20,23-24,42H,8,21-22H2,1-7H3,(H,43,44). The molecule has 3 aromatic heterocycles. The molecule has 0 radical (unpaired) electrons. The number of benzene rings is 2. The van der Waals surface area contributed by atoms with Crippen LogP contribution in [-0.4, -0.2) is 42.2 Å². The monoisotopic (exact) mass is 653 g/mol. The van der Waals surface area contributed by atoms with Crippen LogP contribution >= 0.6 is 11.8 Å². The Morgan fingerprint density at radius 3 is 2.30 bits per heavy atom. The van der Waals surface area contributed by atoms with E-state index in [2.05, 4.69) is 61.1 Å². The number of fused-ring (bicyclic) bond motifs is 1. The molecule has 8 nitrogen and oxygen atoms in total. The van der Waals surface area contributed by atoms with Crippen molar-refractivity contribution in [3.63, 3.8) is 0 Å². The molecule has 5 rings (SSSR count). The third-order valence-electron chi connectivity index (χ3n) is 7.88. The second kappa shape index (κ2) is 13.7. The maximum atomic E-state index is 12.5. The minimum atomic E-state index is -1.08. The first-order valence-corrected chi connectivity index (χ1v) is 16.7. The Balaban J connectivity index is 1.65. The Labute approximate surface area is 280 Å². The number of carboxylic acid groups (broad SMARTS) is 1. The van der Waals surface area contributed by atoms with E-state index >= 15 is 0 Å². The molecule has 0 saturated heterocycles. The molecule has 0 saturated carbocycles. The molecule has 2 N–H and O–H groups in total. The molecule has 47 heavy (non-hydrogen) atoms. The summed E-state index contributed by atoms with van der Waals surface area (Å²) in [5.74, 6) is -0.260. The van der Waals surface area contributed by atoms with Crippen molar-refractivity contribution in [1.29, 1.82) is 0 Å². The first-order chi connectivity index (χ1) is 22.3. The van der Waals surface area contributed by atoms with Crippen molar-refractivity contribution in [3.8, 4) is 22.8 Å². The number of carbonyl (C=O) groups is 1. The number of aromatic nitrogens is 3.